The van der Waals surface area contributed by atoms with Crippen molar-refractivity contribution in [1.29, 1.82) is 0 Å². The summed E-state index contributed by atoms with van der Waals surface area (Å²) in [6.45, 7) is 5.91. The Balaban J connectivity index is 1.81. The minimum absolute atomic E-state index is 0.563. The average Bonchev–Trinajstić information content (AvgIpc) is 2.97. The highest BCUT2D eigenvalue weighted by molar-refractivity contribution is 7.19. The molecule has 0 amide bonds. The van der Waals surface area contributed by atoms with Gasteiger partial charge in [-0.05, 0) is 30.8 Å². The summed E-state index contributed by atoms with van der Waals surface area (Å²) in [6.07, 6.45) is 0. The average molecular weight is 279 g/mol. The van der Waals surface area contributed by atoms with Crippen molar-refractivity contribution >= 4 is 22.3 Å². The molecule has 1 saturated heterocycles. The van der Waals surface area contributed by atoms with Crippen molar-refractivity contribution in [1.82, 2.24) is 15.0 Å². The summed E-state index contributed by atoms with van der Waals surface area (Å²) in [5.41, 5.74) is 6.87. The van der Waals surface area contributed by atoms with Crippen LogP contribution in [0.3, 0.4) is 0 Å². The van der Waals surface area contributed by atoms with E-state index in [1.807, 2.05) is 13.0 Å². The summed E-state index contributed by atoms with van der Waals surface area (Å²) in [7, 11) is 2.12. The van der Waals surface area contributed by atoms with Crippen LogP contribution in [0.15, 0.2) is 10.6 Å². The zero-order valence-corrected chi connectivity index (χ0v) is 11.9. The van der Waals surface area contributed by atoms with E-state index in [2.05, 4.69) is 27.0 Å². The number of aryl methyl sites for hydroxylation is 1. The molecule has 0 aliphatic carbocycles. The molecule has 3 heterocycles. The quantitative estimate of drug-likeness (QED) is 0.897. The predicted molar refractivity (Wildman–Crippen MR) is 76.5 cm³/mol. The summed E-state index contributed by atoms with van der Waals surface area (Å²) in [6, 6.07) is 1.93. The van der Waals surface area contributed by atoms with Crippen LogP contribution in [-0.4, -0.2) is 48.3 Å². The third-order valence-corrected chi connectivity index (χ3v) is 4.39. The van der Waals surface area contributed by atoms with Crippen LogP contribution in [-0.2, 0) is 0 Å². The monoisotopic (exact) mass is 279 g/mol. The topological polar surface area (TPSA) is 71.4 Å². The maximum atomic E-state index is 5.79. The van der Waals surface area contributed by atoms with Crippen LogP contribution in [0, 0.1) is 6.92 Å². The van der Waals surface area contributed by atoms with Gasteiger partial charge >= 0.3 is 0 Å². The number of likely N-dealkylation sites (N-methyl/N-ethyl adjacent to an activating group) is 1. The first kappa shape index (κ1) is 12.4. The highest BCUT2D eigenvalue weighted by atomic mass is 32.1. The molecule has 2 aromatic rings. The molecule has 0 bridgehead atoms. The number of hydrogen-bond acceptors (Lipinski definition) is 7. The van der Waals surface area contributed by atoms with Crippen molar-refractivity contribution in [3.63, 3.8) is 0 Å². The van der Waals surface area contributed by atoms with E-state index in [0.717, 1.165) is 41.6 Å². The Morgan fingerprint density at radius 3 is 2.68 bits per heavy atom. The van der Waals surface area contributed by atoms with E-state index < -0.39 is 0 Å². The van der Waals surface area contributed by atoms with Gasteiger partial charge in [-0.2, -0.15) is 4.98 Å². The Morgan fingerprint density at radius 2 is 2.05 bits per heavy atom. The second-order valence-electron chi connectivity index (χ2n) is 4.85. The summed E-state index contributed by atoms with van der Waals surface area (Å²) in [5, 5.41) is 4.85. The Kier molecular flexibility index (Phi) is 3.16. The predicted octanol–water partition coefficient (Wildman–Crippen LogP) is 1.44. The van der Waals surface area contributed by atoms with Gasteiger partial charge in [0.15, 0.2) is 0 Å². The highest BCUT2D eigenvalue weighted by Crippen LogP contribution is 2.33. The van der Waals surface area contributed by atoms with Crippen LogP contribution in [0.25, 0.3) is 10.8 Å². The molecule has 0 spiro atoms. The van der Waals surface area contributed by atoms with Crippen LogP contribution in [0.5, 0.6) is 0 Å². The van der Waals surface area contributed by atoms with Crippen LogP contribution < -0.4 is 10.6 Å². The Hall–Kier alpha value is -1.60. The molecular formula is C12H17N5OS. The fourth-order valence-electron chi connectivity index (χ4n) is 2.16. The summed E-state index contributed by atoms with van der Waals surface area (Å²) >= 11 is 1.48. The Bertz CT molecular complexity index is 570. The van der Waals surface area contributed by atoms with Gasteiger partial charge in [0, 0.05) is 26.2 Å². The maximum Gasteiger partial charge on any atom is 0.269 e. The van der Waals surface area contributed by atoms with Gasteiger partial charge in [-0.1, -0.05) is 0 Å². The molecule has 102 valence electrons. The molecule has 0 unspecified atom stereocenters. The van der Waals surface area contributed by atoms with E-state index >= 15 is 0 Å². The first-order valence-electron chi connectivity index (χ1n) is 6.27. The van der Waals surface area contributed by atoms with Gasteiger partial charge in [0.05, 0.1) is 9.88 Å². The van der Waals surface area contributed by atoms with Gasteiger partial charge < -0.3 is 20.1 Å². The molecule has 6 nitrogen and oxygen atoms in total. The number of hydrogen-bond donors (Lipinski definition) is 1. The van der Waals surface area contributed by atoms with Gasteiger partial charge in [0.25, 0.3) is 11.8 Å². The van der Waals surface area contributed by atoms with Crippen LogP contribution >= 0.6 is 11.3 Å². The summed E-state index contributed by atoms with van der Waals surface area (Å²) < 4.78 is 5.36. The number of rotatable bonds is 2. The molecule has 2 aromatic heterocycles. The molecule has 2 N–H and O–H groups in total. The molecule has 0 saturated carbocycles. The van der Waals surface area contributed by atoms with Crippen molar-refractivity contribution in [2.24, 2.45) is 0 Å². The van der Waals surface area contributed by atoms with Crippen molar-refractivity contribution < 1.29 is 4.52 Å². The van der Waals surface area contributed by atoms with Gasteiger partial charge in [-0.3, -0.25) is 0 Å². The zero-order valence-electron chi connectivity index (χ0n) is 11.1. The first-order chi connectivity index (χ1) is 9.13. The second-order valence-corrected chi connectivity index (χ2v) is 5.93. The normalized spacial score (nSPS) is 17.1. The van der Waals surface area contributed by atoms with Crippen molar-refractivity contribution in [2.75, 3.05) is 43.9 Å². The largest absolute Gasteiger partial charge is 0.391 e. The van der Waals surface area contributed by atoms with Crippen molar-refractivity contribution in [3.05, 3.63) is 11.6 Å². The number of piperazine rings is 1. The van der Waals surface area contributed by atoms with E-state index in [9.17, 15) is 0 Å². The van der Waals surface area contributed by atoms with E-state index in [1.165, 1.54) is 11.3 Å². The Labute approximate surface area is 115 Å². The van der Waals surface area contributed by atoms with E-state index in [0.29, 0.717) is 11.8 Å². The maximum absolute atomic E-state index is 5.79. The number of nitrogen functional groups attached to an aromatic ring is 1. The van der Waals surface area contributed by atoms with Gasteiger partial charge in [-0.15, -0.1) is 11.3 Å². The standard InChI is InChI=1S/C12H17N5OS/c1-8-7-9(13)19-10(8)11-14-12(15-18-11)17-5-3-16(2)4-6-17/h7H,3-6,13H2,1-2H3. The van der Waals surface area contributed by atoms with E-state index in [4.69, 9.17) is 10.3 Å². The third-order valence-electron chi connectivity index (χ3n) is 3.33. The number of thiophene rings is 1. The fraction of sp³-hybridized carbons (Fsp3) is 0.500. The second kappa shape index (κ2) is 4.82. The highest BCUT2D eigenvalue weighted by Gasteiger charge is 2.20. The van der Waals surface area contributed by atoms with E-state index in [1.54, 1.807) is 0 Å². The lowest BCUT2D eigenvalue weighted by molar-refractivity contribution is 0.309. The molecule has 7 heteroatoms. The van der Waals surface area contributed by atoms with Gasteiger partial charge in [-0.25, -0.2) is 0 Å². The number of nitrogens with two attached hydrogens (primary N) is 1. The molecule has 0 radical (unpaired) electrons. The van der Waals surface area contributed by atoms with Gasteiger partial charge in [0.2, 0.25) is 0 Å². The smallest absolute Gasteiger partial charge is 0.269 e. The molecule has 1 aliphatic heterocycles. The summed E-state index contributed by atoms with van der Waals surface area (Å²) in [4.78, 5) is 9.90. The molecule has 19 heavy (non-hydrogen) atoms. The van der Waals surface area contributed by atoms with Crippen LogP contribution in [0.4, 0.5) is 10.9 Å². The van der Waals surface area contributed by atoms with Crippen LogP contribution in [0.2, 0.25) is 0 Å². The fourth-order valence-corrected chi connectivity index (χ4v) is 3.02. The van der Waals surface area contributed by atoms with Crippen LogP contribution in [0.1, 0.15) is 5.56 Å². The molecule has 0 atom stereocenters. The van der Waals surface area contributed by atoms with Crippen molar-refractivity contribution in [2.45, 2.75) is 6.92 Å². The molecule has 1 fully saturated rings. The minimum atomic E-state index is 0.563. The number of aromatic nitrogens is 2. The lowest BCUT2D eigenvalue weighted by Crippen LogP contribution is -2.44. The Morgan fingerprint density at radius 1 is 1.32 bits per heavy atom. The summed E-state index contributed by atoms with van der Waals surface area (Å²) in [5.74, 6) is 1.24. The van der Waals surface area contributed by atoms with Gasteiger partial charge in [0.1, 0.15) is 0 Å². The third kappa shape index (κ3) is 2.43. The molecular weight excluding hydrogens is 262 g/mol. The molecule has 3 rings (SSSR count). The van der Waals surface area contributed by atoms with E-state index in [-0.39, 0.29) is 0 Å². The zero-order chi connectivity index (χ0) is 13.4. The first-order valence-corrected chi connectivity index (χ1v) is 7.08. The lowest BCUT2D eigenvalue weighted by atomic mass is 10.3. The number of nitrogens with zero attached hydrogens (tertiary/aromatic N) is 4. The lowest BCUT2D eigenvalue weighted by Gasteiger charge is -2.31. The SMILES string of the molecule is Cc1cc(N)sc1-c1nc(N2CCN(C)CC2)no1. The minimum Gasteiger partial charge on any atom is -0.391 e. The van der Waals surface area contributed by atoms with Crippen molar-refractivity contribution in [3.8, 4) is 10.8 Å². The number of anilines is 2. The molecule has 0 aromatic carbocycles. The molecule has 1 aliphatic rings.